The molecule has 3 heteroatoms. The average molecular weight is 242 g/mol. The SMILES string of the molecule is CCCNC1c2cc(F)cc(Cl)c2CC1C. The standard InChI is InChI=1S/C13H17ClFN/c1-3-4-16-13-8(2)5-10-11(13)6-9(15)7-12(10)14/h6-8,13,16H,3-5H2,1-2H3. The molecule has 0 bridgehead atoms. The van der Waals surface area contributed by atoms with Crippen molar-refractivity contribution in [1.29, 1.82) is 0 Å². The summed E-state index contributed by atoms with van der Waals surface area (Å²) in [6.07, 6.45) is 2.03. The molecule has 1 aliphatic rings. The normalized spacial score (nSPS) is 23.5. The quantitative estimate of drug-likeness (QED) is 0.851. The molecule has 2 unspecified atom stereocenters. The van der Waals surface area contributed by atoms with Gasteiger partial charge < -0.3 is 5.32 Å². The summed E-state index contributed by atoms with van der Waals surface area (Å²) in [5.74, 6) is 0.252. The third-order valence-corrected chi connectivity index (χ3v) is 3.58. The van der Waals surface area contributed by atoms with Crippen LogP contribution in [0.3, 0.4) is 0 Å². The fourth-order valence-corrected chi connectivity index (χ4v) is 2.76. The first-order valence-corrected chi connectivity index (χ1v) is 6.22. The number of halogens is 2. The molecule has 2 atom stereocenters. The van der Waals surface area contributed by atoms with Crippen molar-refractivity contribution in [1.82, 2.24) is 5.32 Å². The van der Waals surface area contributed by atoms with Gasteiger partial charge in [-0.2, -0.15) is 0 Å². The number of fused-ring (bicyclic) bond motifs is 1. The number of hydrogen-bond acceptors (Lipinski definition) is 1. The number of rotatable bonds is 3. The van der Waals surface area contributed by atoms with E-state index in [0.717, 1.165) is 30.5 Å². The Bertz CT molecular complexity index is 392. The molecule has 1 aromatic rings. The Balaban J connectivity index is 2.32. The second-order valence-corrected chi connectivity index (χ2v) is 4.98. The summed E-state index contributed by atoms with van der Waals surface area (Å²) in [6, 6.07) is 3.29. The third kappa shape index (κ3) is 2.09. The minimum absolute atomic E-state index is 0.235. The van der Waals surface area contributed by atoms with Crippen molar-refractivity contribution in [2.45, 2.75) is 32.7 Å². The molecule has 1 N–H and O–H groups in total. The maximum Gasteiger partial charge on any atom is 0.125 e. The van der Waals surface area contributed by atoms with Crippen LogP contribution in [0.4, 0.5) is 4.39 Å². The Morgan fingerprint density at radius 3 is 2.94 bits per heavy atom. The van der Waals surface area contributed by atoms with Gasteiger partial charge in [0.05, 0.1) is 0 Å². The van der Waals surface area contributed by atoms with Crippen LogP contribution < -0.4 is 5.32 Å². The van der Waals surface area contributed by atoms with Crippen LogP contribution in [0.2, 0.25) is 5.02 Å². The van der Waals surface area contributed by atoms with Gasteiger partial charge in [-0.3, -0.25) is 0 Å². The molecule has 88 valence electrons. The molecular weight excluding hydrogens is 225 g/mol. The highest BCUT2D eigenvalue weighted by atomic mass is 35.5. The second kappa shape index (κ2) is 4.72. The minimum Gasteiger partial charge on any atom is -0.310 e. The van der Waals surface area contributed by atoms with Crippen molar-refractivity contribution in [3.8, 4) is 0 Å². The number of hydrogen-bond donors (Lipinski definition) is 1. The van der Waals surface area contributed by atoms with E-state index < -0.39 is 0 Å². The predicted octanol–water partition coefficient (Wildman–Crippen LogP) is 3.71. The summed E-state index contributed by atoms with van der Waals surface area (Å²) in [5, 5.41) is 4.04. The van der Waals surface area contributed by atoms with Gasteiger partial charge in [0.25, 0.3) is 0 Å². The molecule has 0 amide bonds. The number of nitrogens with one attached hydrogen (secondary N) is 1. The van der Waals surface area contributed by atoms with E-state index in [0.29, 0.717) is 10.9 Å². The van der Waals surface area contributed by atoms with Crippen molar-refractivity contribution in [3.05, 3.63) is 34.1 Å². The summed E-state index contributed by atoms with van der Waals surface area (Å²) in [7, 11) is 0. The molecule has 0 spiro atoms. The summed E-state index contributed by atoms with van der Waals surface area (Å²) in [5.41, 5.74) is 2.16. The predicted molar refractivity (Wildman–Crippen MR) is 65.3 cm³/mol. The summed E-state index contributed by atoms with van der Waals surface area (Å²) in [4.78, 5) is 0. The molecule has 1 aliphatic carbocycles. The van der Waals surface area contributed by atoms with Crippen molar-refractivity contribution >= 4 is 11.6 Å². The van der Waals surface area contributed by atoms with Crippen LogP contribution in [0.15, 0.2) is 12.1 Å². The molecule has 1 aromatic carbocycles. The molecule has 0 heterocycles. The molecule has 0 saturated heterocycles. The summed E-state index contributed by atoms with van der Waals surface area (Å²) in [6.45, 7) is 5.27. The Morgan fingerprint density at radius 2 is 2.25 bits per heavy atom. The second-order valence-electron chi connectivity index (χ2n) is 4.57. The van der Waals surface area contributed by atoms with Gasteiger partial charge in [-0.05, 0) is 48.6 Å². The van der Waals surface area contributed by atoms with Crippen molar-refractivity contribution in [3.63, 3.8) is 0 Å². The van der Waals surface area contributed by atoms with Gasteiger partial charge >= 0.3 is 0 Å². The van der Waals surface area contributed by atoms with Crippen LogP contribution in [0.1, 0.15) is 37.4 Å². The molecule has 0 fully saturated rings. The third-order valence-electron chi connectivity index (χ3n) is 3.24. The summed E-state index contributed by atoms with van der Waals surface area (Å²) < 4.78 is 13.3. The lowest BCUT2D eigenvalue weighted by Gasteiger charge is -2.18. The van der Waals surface area contributed by atoms with Gasteiger partial charge in [0, 0.05) is 11.1 Å². The van der Waals surface area contributed by atoms with Crippen LogP contribution in [0.25, 0.3) is 0 Å². The topological polar surface area (TPSA) is 12.0 Å². The highest BCUT2D eigenvalue weighted by Crippen LogP contribution is 2.39. The van der Waals surface area contributed by atoms with Crippen LogP contribution in [-0.4, -0.2) is 6.54 Å². The van der Waals surface area contributed by atoms with E-state index in [-0.39, 0.29) is 11.9 Å². The molecule has 1 nitrogen and oxygen atoms in total. The fraction of sp³-hybridized carbons (Fsp3) is 0.538. The van der Waals surface area contributed by atoms with Gasteiger partial charge in [0.1, 0.15) is 5.82 Å². The Hall–Kier alpha value is -0.600. The zero-order valence-electron chi connectivity index (χ0n) is 9.69. The van der Waals surface area contributed by atoms with Crippen LogP contribution in [0.5, 0.6) is 0 Å². The zero-order valence-corrected chi connectivity index (χ0v) is 10.4. The molecule has 0 aliphatic heterocycles. The first kappa shape index (κ1) is 11.9. The minimum atomic E-state index is -0.235. The van der Waals surface area contributed by atoms with Crippen LogP contribution in [0, 0.1) is 11.7 Å². The Kier molecular flexibility index (Phi) is 3.50. The van der Waals surface area contributed by atoms with E-state index in [9.17, 15) is 4.39 Å². The van der Waals surface area contributed by atoms with Crippen molar-refractivity contribution in [2.24, 2.45) is 5.92 Å². The van der Waals surface area contributed by atoms with Crippen LogP contribution >= 0.6 is 11.6 Å². The lowest BCUT2D eigenvalue weighted by molar-refractivity contribution is 0.416. The summed E-state index contributed by atoms with van der Waals surface area (Å²) >= 11 is 6.07. The van der Waals surface area contributed by atoms with Gasteiger partial charge in [0.15, 0.2) is 0 Å². The molecule has 0 saturated carbocycles. The van der Waals surface area contributed by atoms with E-state index in [1.807, 2.05) is 0 Å². The number of benzene rings is 1. The van der Waals surface area contributed by atoms with Crippen molar-refractivity contribution < 1.29 is 4.39 Å². The lowest BCUT2D eigenvalue weighted by atomic mass is 10.0. The largest absolute Gasteiger partial charge is 0.310 e. The first-order chi connectivity index (χ1) is 7.63. The van der Waals surface area contributed by atoms with E-state index in [2.05, 4.69) is 19.2 Å². The van der Waals surface area contributed by atoms with Gasteiger partial charge in [-0.1, -0.05) is 25.4 Å². The fourth-order valence-electron chi connectivity index (χ4n) is 2.47. The van der Waals surface area contributed by atoms with Crippen LogP contribution in [-0.2, 0) is 6.42 Å². The van der Waals surface area contributed by atoms with E-state index in [1.165, 1.54) is 6.07 Å². The Morgan fingerprint density at radius 1 is 1.50 bits per heavy atom. The Labute approximate surface area is 101 Å². The average Bonchev–Trinajstić information content (AvgIpc) is 2.53. The molecular formula is C13H17ClFN. The van der Waals surface area contributed by atoms with E-state index >= 15 is 0 Å². The monoisotopic (exact) mass is 241 g/mol. The molecule has 0 aromatic heterocycles. The van der Waals surface area contributed by atoms with E-state index in [4.69, 9.17) is 11.6 Å². The van der Waals surface area contributed by atoms with Gasteiger partial charge in [-0.15, -0.1) is 0 Å². The van der Waals surface area contributed by atoms with Gasteiger partial charge in [-0.25, -0.2) is 4.39 Å². The van der Waals surface area contributed by atoms with Crippen molar-refractivity contribution in [2.75, 3.05) is 6.54 Å². The first-order valence-electron chi connectivity index (χ1n) is 5.84. The molecule has 2 rings (SSSR count). The smallest absolute Gasteiger partial charge is 0.125 e. The highest BCUT2D eigenvalue weighted by molar-refractivity contribution is 6.31. The van der Waals surface area contributed by atoms with E-state index in [1.54, 1.807) is 6.07 Å². The molecule has 16 heavy (non-hydrogen) atoms. The highest BCUT2D eigenvalue weighted by Gasteiger charge is 2.30. The molecule has 0 radical (unpaired) electrons. The maximum absolute atomic E-state index is 13.3. The maximum atomic E-state index is 13.3. The van der Waals surface area contributed by atoms with Gasteiger partial charge in [0.2, 0.25) is 0 Å². The zero-order chi connectivity index (χ0) is 11.7. The lowest BCUT2D eigenvalue weighted by Crippen LogP contribution is -2.24.